The summed E-state index contributed by atoms with van der Waals surface area (Å²) >= 11 is 0. The van der Waals surface area contributed by atoms with E-state index in [2.05, 4.69) is 0 Å². The van der Waals surface area contributed by atoms with E-state index < -0.39 is 0 Å². The van der Waals surface area contributed by atoms with Gasteiger partial charge in [0.15, 0.2) is 0 Å². The van der Waals surface area contributed by atoms with Crippen LogP contribution in [0.3, 0.4) is 0 Å². The summed E-state index contributed by atoms with van der Waals surface area (Å²) in [7, 11) is 0. The summed E-state index contributed by atoms with van der Waals surface area (Å²) in [6.45, 7) is 3.16. The van der Waals surface area contributed by atoms with Crippen LogP contribution >= 0.6 is 0 Å². The van der Waals surface area contributed by atoms with E-state index in [0.717, 1.165) is 25.7 Å². The Morgan fingerprint density at radius 3 is 2.13 bits per heavy atom. The molecule has 1 saturated carbocycles. The van der Waals surface area contributed by atoms with E-state index in [-0.39, 0.29) is 11.6 Å². The lowest BCUT2D eigenvalue weighted by Crippen LogP contribution is -2.57. The Morgan fingerprint density at radius 1 is 1.27 bits per heavy atom. The molecule has 1 aliphatic carbocycles. The standard InChI is InChI=1S/C11H23N3O/c1-2-14(10(13)15)11(9-12)7-5-3-4-6-8-11/h2-9,12H2,1H3,(H2,13,15). The van der Waals surface area contributed by atoms with E-state index in [4.69, 9.17) is 11.5 Å². The van der Waals surface area contributed by atoms with E-state index in [1.165, 1.54) is 12.8 Å². The molecule has 0 radical (unpaired) electrons. The normalized spacial score (nSPS) is 20.7. The highest BCUT2D eigenvalue weighted by molar-refractivity contribution is 5.73. The van der Waals surface area contributed by atoms with E-state index >= 15 is 0 Å². The predicted molar refractivity (Wildman–Crippen MR) is 61.5 cm³/mol. The molecule has 4 nitrogen and oxygen atoms in total. The van der Waals surface area contributed by atoms with Gasteiger partial charge in [0, 0.05) is 13.1 Å². The quantitative estimate of drug-likeness (QED) is 0.696. The first-order valence-electron chi connectivity index (χ1n) is 5.93. The van der Waals surface area contributed by atoms with Crippen molar-refractivity contribution in [1.29, 1.82) is 0 Å². The molecule has 0 aromatic carbocycles. The fraction of sp³-hybridized carbons (Fsp3) is 0.909. The first-order valence-corrected chi connectivity index (χ1v) is 5.93. The van der Waals surface area contributed by atoms with Gasteiger partial charge in [0.25, 0.3) is 0 Å². The Balaban J connectivity index is 2.83. The summed E-state index contributed by atoms with van der Waals surface area (Å²) in [5, 5.41) is 0. The summed E-state index contributed by atoms with van der Waals surface area (Å²) in [5.41, 5.74) is 11.1. The molecule has 1 rings (SSSR count). The van der Waals surface area contributed by atoms with E-state index in [0.29, 0.717) is 13.1 Å². The van der Waals surface area contributed by atoms with Gasteiger partial charge in [-0.2, -0.15) is 0 Å². The van der Waals surface area contributed by atoms with Crippen molar-refractivity contribution in [3.63, 3.8) is 0 Å². The first-order chi connectivity index (χ1) is 7.16. The third kappa shape index (κ3) is 2.62. The minimum Gasteiger partial charge on any atom is -0.351 e. The van der Waals surface area contributed by atoms with Crippen molar-refractivity contribution >= 4 is 6.03 Å². The number of nitrogens with two attached hydrogens (primary N) is 2. The van der Waals surface area contributed by atoms with Gasteiger partial charge >= 0.3 is 6.03 Å². The number of likely N-dealkylation sites (N-methyl/N-ethyl adjacent to an activating group) is 1. The van der Waals surface area contributed by atoms with E-state index in [9.17, 15) is 4.79 Å². The summed E-state index contributed by atoms with van der Waals surface area (Å²) < 4.78 is 0. The van der Waals surface area contributed by atoms with Gasteiger partial charge in [-0.15, -0.1) is 0 Å². The average molecular weight is 213 g/mol. The second-order valence-electron chi connectivity index (χ2n) is 4.43. The molecule has 0 unspecified atom stereocenters. The molecule has 0 atom stereocenters. The second kappa shape index (κ2) is 5.35. The number of carbonyl (C=O) groups is 1. The van der Waals surface area contributed by atoms with Crippen LogP contribution in [0, 0.1) is 0 Å². The van der Waals surface area contributed by atoms with Crippen molar-refractivity contribution < 1.29 is 4.79 Å². The third-order valence-electron chi connectivity index (χ3n) is 3.57. The van der Waals surface area contributed by atoms with Crippen LogP contribution in [0.2, 0.25) is 0 Å². The monoisotopic (exact) mass is 213 g/mol. The number of hydrogen-bond donors (Lipinski definition) is 2. The molecule has 0 aromatic rings. The van der Waals surface area contributed by atoms with Crippen molar-refractivity contribution in [3.8, 4) is 0 Å². The highest BCUT2D eigenvalue weighted by Gasteiger charge is 2.36. The number of carbonyl (C=O) groups excluding carboxylic acids is 1. The minimum atomic E-state index is -0.329. The number of hydrogen-bond acceptors (Lipinski definition) is 2. The fourth-order valence-electron chi connectivity index (χ4n) is 2.70. The summed E-state index contributed by atoms with van der Waals surface area (Å²) in [5.74, 6) is 0. The molecule has 1 fully saturated rings. The summed E-state index contributed by atoms with van der Waals surface area (Å²) in [4.78, 5) is 13.2. The van der Waals surface area contributed by atoms with E-state index in [1.807, 2.05) is 6.92 Å². The molecule has 1 aliphatic rings. The largest absolute Gasteiger partial charge is 0.351 e. The highest BCUT2D eigenvalue weighted by atomic mass is 16.2. The fourth-order valence-corrected chi connectivity index (χ4v) is 2.70. The molecule has 0 heterocycles. The molecular formula is C11H23N3O. The molecule has 0 bridgehead atoms. The molecular weight excluding hydrogens is 190 g/mol. The highest BCUT2D eigenvalue weighted by Crippen LogP contribution is 2.31. The van der Waals surface area contributed by atoms with Crippen molar-refractivity contribution in [2.45, 2.75) is 51.0 Å². The molecule has 0 spiro atoms. The first kappa shape index (κ1) is 12.3. The molecule has 4 N–H and O–H groups in total. The zero-order valence-corrected chi connectivity index (χ0v) is 9.67. The third-order valence-corrected chi connectivity index (χ3v) is 3.57. The van der Waals surface area contributed by atoms with Crippen LogP contribution in [0.1, 0.15) is 45.4 Å². The number of urea groups is 1. The van der Waals surface area contributed by atoms with Gasteiger partial charge in [-0.05, 0) is 19.8 Å². The SMILES string of the molecule is CCN(C(N)=O)C1(CN)CCCCCC1. The number of rotatable bonds is 3. The van der Waals surface area contributed by atoms with Gasteiger partial charge in [-0.3, -0.25) is 0 Å². The maximum absolute atomic E-state index is 11.4. The van der Waals surface area contributed by atoms with Gasteiger partial charge in [0.1, 0.15) is 0 Å². The number of amides is 2. The molecule has 2 amide bonds. The van der Waals surface area contributed by atoms with Crippen LogP contribution in [0.15, 0.2) is 0 Å². The second-order valence-corrected chi connectivity index (χ2v) is 4.43. The molecule has 0 aliphatic heterocycles. The average Bonchev–Trinajstić information content (AvgIpc) is 2.45. The van der Waals surface area contributed by atoms with Gasteiger partial charge in [-0.1, -0.05) is 25.7 Å². The Kier molecular flexibility index (Phi) is 4.39. The Morgan fingerprint density at radius 2 is 1.80 bits per heavy atom. The molecule has 15 heavy (non-hydrogen) atoms. The predicted octanol–water partition coefficient (Wildman–Crippen LogP) is 1.44. The van der Waals surface area contributed by atoms with Crippen LogP contribution in [0.5, 0.6) is 0 Å². The van der Waals surface area contributed by atoms with Gasteiger partial charge < -0.3 is 16.4 Å². The maximum atomic E-state index is 11.4. The van der Waals surface area contributed by atoms with Crippen LogP contribution in [-0.4, -0.2) is 29.6 Å². The Labute approximate surface area is 92.0 Å². The smallest absolute Gasteiger partial charge is 0.315 e. The van der Waals surface area contributed by atoms with Crippen molar-refractivity contribution in [2.75, 3.05) is 13.1 Å². The van der Waals surface area contributed by atoms with Crippen LogP contribution in [-0.2, 0) is 0 Å². The lowest BCUT2D eigenvalue weighted by Gasteiger charge is -2.41. The van der Waals surface area contributed by atoms with E-state index in [1.54, 1.807) is 4.90 Å². The summed E-state index contributed by atoms with van der Waals surface area (Å²) in [6, 6.07) is -0.329. The van der Waals surface area contributed by atoms with Crippen LogP contribution in [0.4, 0.5) is 4.79 Å². The van der Waals surface area contributed by atoms with Crippen LogP contribution in [0.25, 0.3) is 0 Å². The number of nitrogens with zero attached hydrogens (tertiary/aromatic N) is 1. The minimum absolute atomic E-state index is 0.170. The van der Waals surface area contributed by atoms with Gasteiger partial charge in [0.2, 0.25) is 0 Å². The molecule has 0 saturated heterocycles. The van der Waals surface area contributed by atoms with Crippen molar-refractivity contribution in [2.24, 2.45) is 11.5 Å². The maximum Gasteiger partial charge on any atom is 0.315 e. The topological polar surface area (TPSA) is 72.3 Å². The zero-order valence-electron chi connectivity index (χ0n) is 9.67. The Hall–Kier alpha value is -0.770. The summed E-state index contributed by atoms with van der Waals surface area (Å²) in [6.07, 6.45) is 6.80. The molecule has 0 aromatic heterocycles. The van der Waals surface area contributed by atoms with Crippen molar-refractivity contribution in [3.05, 3.63) is 0 Å². The molecule has 88 valence electrons. The van der Waals surface area contributed by atoms with Gasteiger partial charge in [-0.25, -0.2) is 4.79 Å². The van der Waals surface area contributed by atoms with Gasteiger partial charge in [0.05, 0.1) is 5.54 Å². The zero-order chi connectivity index (χ0) is 11.3. The Bertz CT molecular complexity index is 210. The number of primary amides is 1. The lowest BCUT2D eigenvalue weighted by atomic mass is 9.88. The lowest BCUT2D eigenvalue weighted by molar-refractivity contribution is 0.113. The van der Waals surface area contributed by atoms with Crippen molar-refractivity contribution in [1.82, 2.24) is 4.90 Å². The van der Waals surface area contributed by atoms with Crippen LogP contribution < -0.4 is 11.5 Å². The molecule has 4 heteroatoms.